The first kappa shape index (κ1) is 16.2. The predicted molar refractivity (Wildman–Crippen MR) is 85.8 cm³/mol. The van der Waals surface area contributed by atoms with Gasteiger partial charge in [0.05, 0.1) is 17.9 Å². The fourth-order valence-electron chi connectivity index (χ4n) is 2.62. The topological polar surface area (TPSA) is 67.2 Å². The van der Waals surface area contributed by atoms with E-state index in [2.05, 4.69) is 10.4 Å². The lowest BCUT2D eigenvalue weighted by molar-refractivity contribution is -0.132. The van der Waals surface area contributed by atoms with Crippen molar-refractivity contribution in [3.05, 3.63) is 48.0 Å². The van der Waals surface area contributed by atoms with Crippen molar-refractivity contribution in [1.82, 2.24) is 20.0 Å². The van der Waals surface area contributed by atoms with Gasteiger partial charge in [-0.2, -0.15) is 5.10 Å². The van der Waals surface area contributed by atoms with E-state index in [0.717, 1.165) is 4.90 Å². The second-order valence-corrected chi connectivity index (χ2v) is 6.41. The molecule has 0 spiro atoms. The lowest BCUT2D eigenvalue weighted by atomic mass is 9.88. The molecular weight excluding hydrogens is 311 g/mol. The summed E-state index contributed by atoms with van der Waals surface area (Å²) in [5.41, 5.74) is 0.226. The Hall–Kier alpha value is -2.70. The fourth-order valence-corrected chi connectivity index (χ4v) is 2.62. The molecule has 1 aliphatic rings. The molecule has 1 aromatic heterocycles. The van der Waals surface area contributed by atoms with Gasteiger partial charge >= 0.3 is 6.03 Å². The van der Waals surface area contributed by atoms with Gasteiger partial charge in [-0.15, -0.1) is 0 Å². The average Bonchev–Trinajstić information content (AvgIpc) is 3.07. The van der Waals surface area contributed by atoms with Crippen molar-refractivity contribution in [2.75, 3.05) is 0 Å². The zero-order valence-electron chi connectivity index (χ0n) is 13.8. The summed E-state index contributed by atoms with van der Waals surface area (Å²) in [7, 11) is 0. The number of halogens is 1. The van der Waals surface area contributed by atoms with E-state index in [0.29, 0.717) is 11.4 Å². The van der Waals surface area contributed by atoms with Crippen LogP contribution in [0.4, 0.5) is 9.18 Å². The summed E-state index contributed by atoms with van der Waals surface area (Å²) in [6.45, 7) is 5.58. The zero-order valence-corrected chi connectivity index (χ0v) is 13.8. The Morgan fingerprint density at radius 3 is 2.67 bits per heavy atom. The molecule has 0 bridgehead atoms. The lowest BCUT2D eigenvalue weighted by Gasteiger charge is -2.25. The van der Waals surface area contributed by atoms with Gasteiger partial charge in [0.1, 0.15) is 11.4 Å². The number of hydrogen-bond donors (Lipinski definition) is 1. The highest BCUT2D eigenvalue weighted by atomic mass is 19.1. The van der Waals surface area contributed by atoms with Crippen LogP contribution in [-0.4, -0.2) is 32.2 Å². The Balaban J connectivity index is 1.80. The van der Waals surface area contributed by atoms with Crippen molar-refractivity contribution in [1.29, 1.82) is 0 Å². The van der Waals surface area contributed by atoms with Gasteiger partial charge < -0.3 is 5.32 Å². The quantitative estimate of drug-likeness (QED) is 0.876. The van der Waals surface area contributed by atoms with E-state index in [1.165, 1.54) is 16.8 Å². The predicted octanol–water partition coefficient (Wildman–Crippen LogP) is 2.48. The molecule has 0 saturated carbocycles. The molecule has 1 aliphatic heterocycles. The van der Waals surface area contributed by atoms with Gasteiger partial charge in [-0.05, 0) is 37.1 Å². The van der Waals surface area contributed by atoms with Gasteiger partial charge in [0.2, 0.25) is 0 Å². The van der Waals surface area contributed by atoms with E-state index in [9.17, 15) is 14.0 Å². The first-order chi connectivity index (χ1) is 11.3. The molecule has 1 unspecified atom stereocenters. The number of carbonyl (C=O) groups is 2. The second kappa shape index (κ2) is 5.74. The number of aromatic nitrogens is 2. The van der Waals surface area contributed by atoms with Crippen LogP contribution in [-0.2, 0) is 11.3 Å². The number of hydrogen-bond acceptors (Lipinski definition) is 3. The zero-order chi connectivity index (χ0) is 17.5. The number of imide groups is 1. The highest BCUT2D eigenvalue weighted by molar-refractivity contribution is 6.06. The molecule has 1 saturated heterocycles. The first-order valence-electron chi connectivity index (χ1n) is 7.76. The largest absolute Gasteiger partial charge is 0.325 e. The molecule has 126 valence electrons. The summed E-state index contributed by atoms with van der Waals surface area (Å²) in [6, 6.07) is 7.32. The van der Waals surface area contributed by atoms with Crippen molar-refractivity contribution < 1.29 is 14.0 Å². The minimum absolute atomic E-state index is 0.0243. The van der Waals surface area contributed by atoms with E-state index in [1.807, 2.05) is 13.8 Å². The van der Waals surface area contributed by atoms with Gasteiger partial charge in [0, 0.05) is 6.20 Å². The van der Waals surface area contributed by atoms with E-state index in [4.69, 9.17) is 0 Å². The molecule has 7 heteroatoms. The number of nitrogens with one attached hydrogen (secondary N) is 1. The van der Waals surface area contributed by atoms with E-state index < -0.39 is 11.6 Å². The Bertz CT molecular complexity index is 801. The molecule has 1 aromatic carbocycles. The van der Waals surface area contributed by atoms with Crippen LogP contribution in [0.15, 0.2) is 36.5 Å². The molecule has 0 radical (unpaired) electrons. The van der Waals surface area contributed by atoms with Crippen LogP contribution in [0, 0.1) is 11.7 Å². The van der Waals surface area contributed by atoms with Crippen molar-refractivity contribution in [3.63, 3.8) is 0 Å². The summed E-state index contributed by atoms with van der Waals surface area (Å²) in [6.07, 6.45) is 1.67. The van der Waals surface area contributed by atoms with Gasteiger partial charge in [0.25, 0.3) is 5.91 Å². The molecule has 0 aliphatic carbocycles. The Morgan fingerprint density at radius 1 is 1.29 bits per heavy atom. The summed E-state index contributed by atoms with van der Waals surface area (Å²) < 4.78 is 14.8. The SMILES string of the molecule is CC(C)C1(C)NC(=O)N(Cc2ccn(-c3cccc(F)c3)n2)C1=O. The van der Waals surface area contributed by atoms with Gasteiger partial charge in [0.15, 0.2) is 0 Å². The first-order valence-corrected chi connectivity index (χ1v) is 7.76. The molecule has 2 heterocycles. The van der Waals surface area contributed by atoms with Crippen molar-refractivity contribution in [3.8, 4) is 5.69 Å². The van der Waals surface area contributed by atoms with E-state index in [1.54, 1.807) is 31.3 Å². The van der Waals surface area contributed by atoms with Crippen LogP contribution in [0.3, 0.4) is 0 Å². The number of amides is 3. The summed E-state index contributed by atoms with van der Waals surface area (Å²) in [5.74, 6) is -0.641. The Labute approximate surface area is 139 Å². The minimum atomic E-state index is -0.901. The average molecular weight is 330 g/mol. The maximum Gasteiger partial charge on any atom is 0.325 e. The standard InChI is InChI=1S/C17H19FN4O2/c1-11(2)17(3)15(23)21(16(24)19-17)10-13-7-8-22(20-13)14-6-4-5-12(18)9-14/h4-9,11H,10H2,1-3H3,(H,19,24). The van der Waals surface area contributed by atoms with E-state index >= 15 is 0 Å². The summed E-state index contributed by atoms with van der Waals surface area (Å²) in [4.78, 5) is 25.9. The fraction of sp³-hybridized carbons (Fsp3) is 0.353. The van der Waals surface area contributed by atoms with Crippen LogP contribution in [0.25, 0.3) is 5.69 Å². The van der Waals surface area contributed by atoms with Crippen LogP contribution >= 0.6 is 0 Å². The molecular formula is C17H19FN4O2. The van der Waals surface area contributed by atoms with Crippen LogP contribution in [0.2, 0.25) is 0 Å². The Morgan fingerprint density at radius 2 is 2.04 bits per heavy atom. The van der Waals surface area contributed by atoms with Crippen LogP contribution in [0.5, 0.6) is 0 Å². The molecule has 1 N–H and O–H groups in total. The minimum Gasteiger partial charge on any atom is -0.323 e. The molecule has 24 heavy (non-hydrogen) atoms. The number of urea groups is 1. The van der Waals surface area contributed by atoms with E-state index in [-0.39, 0.29) is 24.2 Å². The highest BCUT2D eigenvalue weighted by Crippen LogP contribution is 2.26. The molecule has 3 rings (SSSR count). The van der Waals surface area contributed by atoms with Crippen molar-refractivity contribution >= 4 is 11.9 Å². The maximum atomic E-state index is 13.3. The molecule has 1 fully saturated rings. The smallest absolute Gasteiger partial charge is 0.323 e. The van der Waals surface area contributed by atoms with Crippen LogP contribution < -0.4 is 5.32 Å². The molecule has 2 aromatic rings. The van der Waals surface area contributed by atoms with Gasteiger partial charge in [-0.1, -0.05) is 19.9 Å². The number of rotatable bonds is 4. The summed E-state index contributed by atoms with van der Waals surface area (Å²) >= 11 is 0. The third-order valence-corrected chi connectivity index (χ3v) is 4.49. The second-order valence-electron chi connectivity index (χ2n) is 6.41. The summed E-state index contributed by atoms with van der Waals surface area (Å²) in [5, 5.41) is 7.07. The maximum absolute atomic E-state index is 13.3. The number of carbonyl (C=O) groups excluding carboxylic acids is 2. The normalized spacial score (nSPS) is 20.8. The Kier molecular flexibility index (Phi) is 3.87. The van der Waals surface area contributed by atoms with Crippen molar-refractivity contribution in [2.45, 2.75) is 32.9 Å². The van der Waals surface area contributed by atoms with Crippen molar-refractivity contribution in [2.24, 2.45) is 5.92 Å². The van der Waals surface area contributed by atoms with Gasteiger partial charge in [-0.3, -0.25) is 9.69 Å². The third kappa shape index (κ3) is 2.66. The highest BCUT2D eigenvalue weighted by Gasteiger charge is 2.49. The molecule has 1 atom stereocenters. The third-order valence-electron chi connectivity index (χ3n) is 4.49. The van der Waals surface area contributed by atoms with Gasteiger partial charge in [-0.25, -0.2) is 13.9 Å². The molecule has 6 nitrogen and oxygen atoms in total. The van der Waals surface area contributed by atoms with Crippen LogP contribution in [0.1, 0.15) is 26.5 Å². The lowest BCUT2D eigenvalue weighted by Crippen LogP contribution is -2.48. The monoisotopic (exact) mass is 330 g/mol. The number of nitrogens with zero attached hydrogens (tertiary/aromatic N) is 3. The molecule has 3 amide bonds. The number of benzene rings is 1.